The smallest absolute Gasteiger partial charge is 0.291 e. The fourth-order valence-electron chi connectivity index (χ4n) is 3.63. The predicted octanol–water partition coefficient (Wildman–Crippen LogP) is 6.52. The summed E-state index contributed by atoms with van der Waals surface area (Å²) in [5, 5.41) is 6.56. The summed E-state index contributed by atoms with van der Waals surface area (Å²) in [6.07, 6.45) is 1.07. The molecule has 0 spiro atoms. The van der Waals surface area contributed by atoms with Crippen LogP contribution in [0.25, 0.3) is 11.0 Å². The Labute approximate surface area is 198 Å². The van der Waals surface area contributed by atoms with Gasteiger partial charge in [0.1, 0.15) is 11.3 Å². The number of hydrogen-bond donors (Lipinski definition) is 2. The van der Waals surface area contributed by atoms with Crippen molar-refractivity contribution in [3.05, 3.63) is 89.7 Å². The Morgan fingerprint density at radius 2 is 1.74 bits per heavy atom. The summed E-state index contributed by atoms with van der Waals surface area (Å²) in [7, 11) is 0. The highest BCUT2D eigenvalue weighted by Gasteiger charge is 2.14. The third-order valence-corrected chi connectivity index (χ3v) is 5.84. The minimum Gasteiger partial charge on any atom is -0.484 e. The Morgan fingerprint density at radius 3 is 2.44 bits per heavy atom. The molecule has 0 radical (unpaired) electrons. The van der Waals surface area contributed by atoms with Gasteiger partial charge in [0.15, 0.2) is 12.4 Å². The van der Waals surface area contributed by atoms with Crippen LogP contribution in [0.4, 0.5) is 11.4 Å². The Bertz CT molecular complexity index is 1270. The van der Waals surface area contributed by atoms with Crippen molar-refractivity contribution < 1.29 is 18.7 Å². The SMILES string of the molecule is CC[C@@H](C)c1ccc(OCC(=O)Nc2ccc(NC(=O)c3cc4ccccc4o3)c(C)c2)cc1. The molecule has 1 atom stereocenters. The summed E-state index contributed by atoms with van der Waals surface area (Å²) in [6, 6.07) is 22.3. The number of benzene rings is 3. The Balaban J connectivity index is 1.32. The minimum absolute atomic E-state index is 0.0910. The molecule has 0 fully saturated rings. The Kier molecular flexibility index (Phi) is 6.97. The van der Waals surface area contributed by atoms with E-state index in [-0.39, 0.29) is 24.2 Å². The number of fused-ring (bicyclic) bond motifs is 1. The van der Waals surface area contributed by atoms with Crippen LogP contribution >= 0.6 is 0 Å². The average Bonchev–Trinajstić information content (AvgIpc) is 3.29. The molecule has 2 amide bonds. The fourth-order valence-corrected chi connectivity index (χ4v) is 3.63. The summed E-state index contributed by atoms with van der Waals surface area (Å²) >= 11 is 0. The van der Waals surface area contributed by atoms with Gasteiger partial charge in [-0.25, -0.2) is 0 Å². The van der Waals surface area contributed by atoms with Crippen molar-refractivity contribution in [3.63, 3.8) is 0 Å². The highest BCUT2D eigenvalue weighted by molar-refractivity contribution is 6.05. The zero-order valence-electron chi connectivity index (χ0n) is 19.6. The number of carbonyl (C=O) groups excluding carboxylic acids is 2. The number of amides is 2. The van der Waals surface area contributed by atoms with Gasteiger partial charge in [0.25, 0.3) is 11.8 Å². The minimum atomic E-state index is -0.330. The molecule has 1 aromatic heterocycles. The number of aryl methyl sites for hydroxylation is 1. The van der Waals surface area contributed by atoms with Crippen LogP contribution < -0.4 is 15.4 Å². The molecule has 0 aliphatic carbocycles. The molecule has 3 aromatic carbocycles. The van der Waals surface area contributed by atoms with Gasteiger partial charge in [0.2, 0.25) is 0 Å². The van der Waals surface area contributed by atoms with E-state index in [2.05, 4.69) is 24.5 Å². The lowest BCUT2D eigenvalue weighted by atomic mass is 9.99. The van der Waals surface area contributed by atoms with E-state index in [1.165, 1.54) is 5.56 Å². The van der Waals surface area contributed by atoms with Crippen molar-refractivity contribution in [1.29, 1.82) is 0 Å². The van der Waals surface area contributed by atoms with Gasteiger partial charge in [0, 0.05) is 16.8 Å². The molecule has 6 nitrogen and oxygen atoms in total. The van der Waals surface area contributed by atoms with E-state index in [0.717, 1.165) is 17.4 Å². The molecule has 174 valence electrons. The second-order valence-electron chi connectivity index (χ2n) is 8.35. The quantitative estimate of drug-likeness (QED) is 0.316. The lowest BCUT2D eigenvalue weighted by Crippen LogP contribution is -2.20. The topological polar surface area (TPSA) is 80.6 Å². The number of nitrogens with one attached hydrogen (secondary N) is 2. The molecule has 6 heteroatoms. The largest absolute Gasteiger partial charge is 0.484 e. The summed E-state index contributed by atoms with van der Waals surface area (Å²) in [6.45, 7) is 6.11. The first-order chi connectivity index (χ1) is 16.4. The number of hydrogen-bond acceptors (Lipinski definition) is 4. The van der Waals surface area contributed by atoms with E-state index in [4.69, 9.17) is 9.15 Å². The van der Waals surface area contributed by atoms with Crippen molar-refractivity contribution in [2.24, 2.45) is 0 Å². The van der Waals surface area contributed by atoms with E-state index in [9.17, 15) is 9.59 Å². The zero-order chi connectivity index (χ0) is 24.1. The number of ether oxygens (including phenoxy) is 1. The monoisotopic (exact) mass is 456 g/mol. The highest BCUT2D eigenvalue weighted by Crippen LogP contribution is 2.24. The van der Waals surface area contributed by atoms with Gasteiger partial charge < -0.3 is 19.8 Å². The standard InChI is InChI=1S/C28H28N2O4/c1-4-18(2)20-9-12-23(13-10-20)33-17-27(31)29-22-11-14-24(19(3)15-22)30-28(32)26-16-21-7-5-6-8-25(21)34-26/h5-16,18H,4,17H2,1-3H3,(H,29,31)(H,30,32)/t18-/m1/s1. The summed E-state index contributed by atoms with van der Waals surface area (Å²) in [5.74, 6) is 0.801. The molecule has 0 saturated carbocycles. The molecule has 0 unspecified atom stereocenters. The maximum atomic E-state index is 12.6. The third kappa shape index (κ3) is 5.46. The summed E-state index contributed by atoms with van der Waals surface area (Å²) < 4.78 is 11.2. The summed E-state index contributed by atoms with van der Waals surface area (Å²) in [4.78, 5) is 24.9. The number of rotatable bonds is 8. The predicted molar refractivity (Wildman–Crippen MR) is 135 cm³/mol. The summed E-state index contributed by atoms with van der Waals surface area (Å²) in [5.41, 5.74) is 3.99. The van der Waals surface area contributed by atoms with Crippen LogP contribution in [0.3, 0.4) is 0 Å². The van der Waals surface area contributed by atoms with Gasteiger partial charge in [-0.15, -0.1) is 0 Å². The second kappa shape index (κ2) is 10.3. The molecule has 1 heterocycles. The van der Waals surface area contributed by atoms with Crippen LogP contribution in [0.15, 0.2) is 77.2 Å². The van der Waals surface area contributed by atoms with Crippen LogP contribution in [0, 0.1) is 6.92 Å². The van der Waals surface area contributed by atoms with Crippen LogP contribution in [-0.2, 0) is 4.79 Å². The van der Waals surface area contributed by atoms with E-state index in [1.54, 1.807) is 24.3 Å². The van der Waals surface area contributed by atoms with Crippen molar-refractivity contribution >= 4 is 34.2 Å². The normalized spacial score (nSPS) is 11.7. The molecule has 2 N–H and O–H groups in total. The molecule has 0 saturated heterocycles. The lowest BCUT2D eigenvalue weighted by molar-refractivity contribution is -0.118. The van der Waals surface area contributed by atoms with Crippen LogP contribution in [-0.4, -0.2) is 18.4 Å². The van der Waals surface area contributed by atoms with Gasteiger partial charge in [-0.2, -0.15) is 0 Å². The Morgan fingerprint density at radius 1 is 0.971 bits per heavy atom. The molecule has 0 aliphatic heterocycles. The maximum absolute atomic E-state index is 12.6. The number of para-hydroxylation sites is 1. The maximum Gasteiger partial charge on any atom is 0.291 e. The molecule has 34 heavy (non-hydrogen) atoms. The van der Waals surface area contributed by atoms with Gasteiger partial charge >= 0.3 is 0 Å². The first-order valence-electron chi connectivity index (χ1n) is 11.4. The van der Waals surface area contributed by atoms with Gasteiger partial charge in [0.05, 0.1) is 0 Å². The van der Waals surface area contributed by atoms with Gasteiger partial charge in [-0.1, -0.05) is 44.2 Å². The molecule has 4 aromatic rings. The zero-order valence-corrected chi connectivity index (χ0v) is 19.6. The molecule has 0 bridgehead atoms. The first kappa shape index (κ1) is 23.1. The molecular formula is C28H28N2O4. The van der Waals surface area contributed by atoms with Crippen molar-refractivity contribution in [1.82, 2.24) is 0 Å². The van der Waals surface area contributed by atoms with Crippen LogP contribution in [0.5, 0.6) is 5.75 Å². The van der Waals surface area contributed by atoms with Crippen LogP contribution in [0.1, 0.15) is 47.9 Å². The van der Waals surface area contributed by atoms with Crippen molar-refractivity contribution in [2.45, 2.75) is 33.1 Å². The fraction of sp³-hybridized carbons (Fsp3) is 0.214. The van der Waals surface area contributed by atoms with Gasteiger partial charge in [-0.05, 0) is 72.9 Å². The second-order valence-corrected chi connectivity index (χ2v) is 8.35. The highest BCUT2D eigenvalue weighted by atomic mass is 16.5. The van der Waals surface area contributed by atoms with Crippen molar-refractivity contribution in [3.8, 4) is 5.75 Å². The van der Waals surface area contributed by atoms with E-state index >= 15 is 0 Å². The third-order valence-electron chi connectivity index (χ3n) is 5.84. The number of carbonyl (C=O) groups is 2. The molecule has 0 aliphatic rings. The van der Waals surface area contributed by atoms with E-state index in [1.807, 2.05) is 55.5 Å². The number of furan rings is 1. The average molecular weight is 457 g/mol. The van der Waals surface area contributed by atoms with Crippen LogP contribution in [0.2, 0.25) is 0 Å². The molecule has 4 rings (SSSR count). The van der Waals surface area contributed by atoms with Crippen molar-refractivity contribution in [2.75, 3.05) is 17.2 Å². The molecular weight excluding hydrogens is 428 g/mol. The Hall–Kier alpha value is -4.06. The van der Waals surface area contributed by atoms with E-state index < -0.39 is 0 Å². The first-order valence-corrected chi connectivity index (χ1v) is 11.4. The van der Waals surface area contributed by atoms with E-state index in [0.29, 0.717) is 28.6 Å². The number of anilines is 2. The van der Waals surface area contributed by atoms with Gasteiger partial charge in [-0.3, -0.25) is 9.59 Å². The lowest BCUT2D eigenvalue weighted by Gasteiger charge is -2.12.